The highest BCUT2D eigenvalue weighted by molar-refractivity contribution is 5.56. The Bertz CT molecular complexity index is 797. The van der Waals surface area contributed by atoms with Crippen molar-refractivity contribution in [3.63, 3.8) is 0 Å². The number of allylic oxidation sites excluding steroid dienone is 4. The molecule has 3 nitrogen and oxygen atoms in total. The van der Waals surface area contributed by atoms with E-state index in [1.165, 1.54) is 17.6 Å². The van der Waals surface area contributed by atoms with Crippen LogP contribution in [-0.4, -0.2) is 0 Å². The van der Waals surface area contributed by atoms with E-state index in [1.807, 2.05) is 0 Å². The summed E-state index contributed by atoms with van der Waals surface area (Å²) < 4.78 is 0. The van der Waals surface area contributed by atoms with Crippen LogP contribution in [0.3, 0.4) is 0 Å². The van der Waals surface area contributed by atoms with Crippen LogP contribution in [-0.2, 0) is 0 Å². The summed E-state index contributed by atoms with van der Waals surface area (Å²) in [4.78, 5) is 0. The van der Waals surface area contributed by atoms with Gasteiger partial charge in [0.25, 0.3) is 0 Å². The third-order valence-electron chi connectivity index (χ3n) is 5.61. The van der Waals surface area contributed by atoms with E-state index in [4.69, 9.17) is 5.73 Å². The third-order valence-corrected chi connectivity index (χ3v) is 5.61. The number of nitriles is 2. The van der Waals surface area contributed by atoms with Gasteiger partial charge in [0.1, 0.15) is 6.07 Å². The van der Waals surface area contributed by atoms with Crippen LogP contribution in [0.4, 0.5) is 0 Å². The van der Waals surface area contributed by atoms with E-state index in [-0.39, 0.29) is 5.92 Å². The summed E-state index contributed by atoms with van der Waals surface area (Å²) in [5.41, 5.74) is 12.2. The highest BCUT2D eigenvalue weighted by Gasteiger charge is 2.37. The van der Waals surface area contributed by atoms with Crippen molar-refractivity contribution in [2.75, 3.05) is 0 Å². The van der Waals surface area contributed by atoms with E-state index in [1.54, 1.807) is 0 Å². The first-order valence-corrected chi connectivity index (χ1v) is 9.20. The molecule has 1 aromatic rings. The number of nitrogens with two attached hydrogens (primary N) is 1. The van der Waals surface area contributed by atoms with E-state index in [0.29, 0.717) is 17.2 Å². The molecule has 0 spiro atoms. The molecule has 0 amide bonds. The minimum Gasteiger partial charge on any atom is -0.400 e. The van der Waals surface area contributed by atoms with E-state index < -0.39 is 5.92 Å². The van der Waals surface area contributed by atoms with Gasteiger partial charge in [-0.15, -0.1) is 0 Å². The van der Waals surface area contributed by atoms with Crippen molar-refractivity contribution >= 4 is 0 Å². The first-order chi connectivity index (χ1) is 12.1. The number of hydrogen-bond acceptors (Lipinski definition) is 3. The van der Waals surface area contributed by atoms with Gasteiger partial charge in [0.05, 0.1) is 17.6 Å². The van der Waals surface area contributed by atoms with Crippen LogP contribution in [0, 0.1) is 28.6 Å². The molecule has 128 valence electrons. The van der Waals surface area contributed by atoms with Crippen molar-refractivity contribution < 1.29 is 0 Å². The molecule has 2 aliphatic carbocycles. The zero-order valence-electron chi connectivity index (χ0n) is 15.0. The van der Waals surface area contributed by atoms with Crippen molar-refractivity contribution in [3.05, 3.63) is 57.8 Å². The monoisotopic (exact) mass is 331 g/mol. The lowest BCUT2D eigenvalue weighted by molar-refractivity contribution is 0.592. The summed E-state index contributed by atoms with van der Waals surface area (Å²) in [6, 6.07) is 13.3. The van der Waals surface area contributed by atoms with Crippen LogP contribution in [0.2, 0.25) is 0 Å². The molecule has 0 unspecified atom stereocenters. The van der Waals surface area contributed by atoms with Crippen LogP contribution < -0.4 is 5.73 Å². The van der Waals surface area contributed by atoms with Crippen molar-refractivity contribution in [2.24, 2.45) is 11.7 Å². The maximum absolute atomic E-state index is 9.81. The molecule has 2 N–H and O–H groups in total. The topological polar surface area (TPSA) is 73.6 Å². The Morgan fingerprint density at radius 2 is 1.72 bits per heavy atom. The summed E-state index contributed by atoms with van der Waals surface area (Å²) >= 11 is 0. The molecule has 0 bridgehead atoms. The SMILES string of the molecule is CC(C)c1ccc([C@@H]2C3=C(CCCCC3)C(C#N)=C(N)[C@@H]2C#N)cc1. The summed E-state index contributed by atoms with van der Waals surface area (Å²) in [5, 5.41) is 19.4. The van der Waals surface area contributed by atoms with Gasteiger partial charge < -0.3 is 5.73 Å². The Labute approximate surface area is 150 Å². The Kier molecular flexibility index (Phi) is 4.95. The van der Waals surface area contributed by atoms with Crippen LogP contribution in [0.1, 0.15) is 68.9 Å². The summed E-state index contributed by atoms with van der Waals surface area (Å²) in [5.74, 6) is 0.0165. The molecule has 0 saturated carbocycles. The smallest absolute Gasteiger partial charge is 0.101 e. The molecule has 3 rings (SSSR count). The molecular formula is C22H25N3. The first-order valence-electron chi connectivity index (χ1n) is 9.20. The Morgan fingerprint density at radius 1 is 1.04 bits per heavy atom. The molecular weight excluding hydrogens is 306 g/mol. The molecule has 2 aliphatic rings. The maximum atomic E-state index is 9.81. The van der Waals surface area contributed by atoms with Crippen LogP contribution in [0.25, 0.3) is 0 Å². The maximum Gasteiger partial charge on any atom is 0.101 e. The van der Waals surface area contributed by atoms with E-state index in [2.05, 4.69) is 50.3 Å². The third kappa shape index (κ3) is 3.08. The van der Waals surface area contributed by atoms with Crippen molar-refractivity contribution in [3.8, 4) is 12.1 Å². The van der Waals surface area contributed by atoms with Gasteiger partial charge >= 0.3 is 0 Å². The van der Waals surface area contributed by atoms with Gasteiger partial charge in [-0.25, -0.2) is 0 Å². The van der Waals surface area contributed by atoms with Crippen LogP contribution >= 0.6 is 0 Å². The minimum absolute atomic E-state index is 0.0172. The van der Waals surface area contributed by atoms with E-state index in [9.17, 15) is 10.5 Å². The fourth-order valence-electron chi connectivity index (χ4n) is 4.20. The van der Waals surface area contributed by atoms with Gasteiger partial charge in [0, 0.05) is 11.6 Å². The predicted octanol–water partition coefficient (Wildman–Crippen LogP) is 5.04. The second kappa shape index (κ2) is 7.16. The summed E-state index contributed by atoms with van der Waals surface area (Å²) in [7, 11) is 0. The molecule has 1 aromatic carbocycles. The number of benzene rings is 1. The number of hydrogen-bond donors (Lipinski definition) is 1. The molecule has 25 heavy (non-hydrogen) atoms. The van der Waals surface area contributed by atoms with Crippen molar-refractivity contribution in [1.82, 2.24) is 0 Å². The molecule has 0 radical (unpaired) electrons. The first kappa shape index (κ1) is 17.3. The molecule has 0 saturated heterocycles. The molecule has 0 aliphatic heterocycles. The Morgan fingerprint density at radius 3 is 2.32 bits per heavy atom. The molecule has 0 heterocycles. The molecule has 2 atom stereocenters. The highest BCUT2D eigenvalue weighted by atomic mass is 14.6. The van der Waals surface area contributed by atoms with E-state index in [0.717, 1.165) is 36.8 Å². The summed E-state index contributed by atoms with van der Waals surface area (Å²) in [6.07, 6.45) is 5.24. The number of nitrogens with zero attached hydrogens (tertiary/aromatic N) is 2. The second-order valence-corrected chi connectivity index (χ2v) is 7.41. The fourth-order valence-corrected chi connectivity index (χ4v) is 4.20. The Hall–Kier alpha value is -2.52. The highest BCUT2D eigenvalue weighted by Crippen LogP contribution is 2.47. The lowest BCUT2D eigenvalue weighted by Gasteiger charge is -2.33. The quantitative estimate of drug-likeness (QED) is 0.824. The second-order valence-electron chi connectivity index (χ2n) is 7.41. The van der Waals surface area contributed by atoms with Gasteiger partial charge in [0.15, 0.2) is 0 Å². The molecule has 3 heteroatoms. The van der Waals surface area contributed by atoms with Gasteiger partial charge in [-0.05, 0) is 48.3 Å². The molecule has 0 fully saturated rings. The normalized spacial score (nSPS) is 23.7. The van der Waals surface area contributed by atoms with Crippen LogP contribution in [0.15, 0.2) is 46.7 Å². The summed E-state index contributed by atoms with van der Waals surface area (Å²) in [6.45, 7) is 4.36. The minimum atomic E-state index is -0.448. The van der Waals surface area contributed by atoms with Crippen LogP contribution in [0.5, 0.6) is 0 Å². The standard InChI is InChI=1S/C22H25N3/c1-14(2)15-8-10-16(11-9-15)21-18-7-5-3-4-6-17(18)19(12-23)22(25)20(21)13-24/h8-11,14,20-21H,3-7,25H2,1-2H3/t20-,21-/m1/s1. The van der Waals surface area contributed by atoms with E-state index >= 15 is 0 Å². The van der Waals surface area contributed by atoms with Gasteiger partial charge in [-0.2, -0.15) is 10.5 Å². The average molecular weight is 331 g/mol. The van der Waals surface area contributed by atoms with Gasteiger partial charge in [-0.1, -0.05) is 50.1 Å². The predicted molar refractivity (Wildman–Crippen MR) is 99.3 cm³/mol. The van der Waals surface area contributed by atoms with Gasteiger partial charge in [-0.3, -0.25) is 0 Å². The van der Waals surface area contributed by atoms with Gasteiger partial charge in [0.2, 0.25) is 0 Å². The molecule has 0 aromatic heterocycles. The lowest BCUT2D eigenvalue weighted by Crippen LogP contribution is -2.27. The van der Waals surface area contributed by atoms with Crippen molar-refractivity contribution in [2.45, 2.75) is 57.8 Å². The zero-order chi connectivity index (χ0) is 18.0. The van der Waals surface area contributed by atoms with Crippen molar-refractivity contribution in [1.29, 1.82) is 10.5 Å². The lowest BCUT2D eigenvalue weighted by atomic mass is 9.70. The fraction of sp³-hybridized carbons (Fsp3) is 0.455. The average Bonchev–Trinajstić information content (AvgIpc) is 2.86. The number of rotatable bonds is 2. The Balaban J connectivity index is 2.13. The largest absolute Gasteiger partial charge is 0.400 e. The zero-order valence-corrected chi connectivity index (χ0v) is 15.0.